The third-order valence-electron chi connectivity index (χ3n) is 4.46. The van der Waals surface area contributed by atoms with Crippen LogP contribution in [0.1, 0.15) is 49.8 Å². The third-order valence-corrected chi connectivity index (χ3v) is 5.32. The van der Waals surface area contributed by atoms with Crippen LogP contribution in [0.2, 0.25) is 0 Å². The number of carbonyl (C=O) groups is 1. The number of carbonyl (C=O) groups excluding carboxylic acids is 1. The van der Waals surface area contributed by atoms with Crippen molar-refractivity contribution in [2.45, 2.75) is 51.5 Å². The number of likely N-dealkylation sites (tertiary alicyclic amines) is 1. The molecular weight excluding hydrogens is 308 g/mol. The lowest BCUT2D eigenvalue weighted by Crippen LogP contribution is -2.36. The van der Waals surface area contributed by atoms with E-state index in [9.17, 15) is 4.79 Å². The standard InChI is InChI=1S/C18H30N2O2S/c21-14-7-12-20(16-17-8-6-15-23-17)18(22)9-13-19-10-4-2-1-3-5-11-19/h6,8,15,21H,1-5,7,9-14,16H2. The number of thiophene rings is 1. The molecule has 1 fully saturated rings. The average molecular weight is 339 g/mol. The molecule has 4 nitrogen and oxygen atoms in total. The molecule has 1 amide bonds. The Hall–Kier alpha value is -0.910. The van der Waals surface area contributed by atoms with Crippen LogP contribution in [0.3, 0.4) is 0 Å². The molecule has 2 rings (SSSR count). The minimum atomic E-state index is 0.139. The topological polar surface area (TPSA) is 43.8 Å². The van der Waals surface area contributed by atoms with Crippen LogP contribution in [-0.2, 0) is 11.3 Å². The molecule has 0 atom stereocenters. The zero-order valence-electron chi connectivity index (χ0n) is 14.1. The molecule has 0 radical (unpaired) electrons. The lowest BCUT2D eigenvalue weighted by Gasteiger charge is -2.26. The Morgan fingerprint density at radius 1 is 1.22 bits per heavy atom. The summed E-state index contributed by atoms with van der Waals surface area (Å²) < 4.78 is 0. The molecule has 23 heavy (non-hydrogen) atoms. The van der Waals surface area contributed by atoms with Crippen LogP contribution >= 0.6 is 11.3 Å². The molecule has 0 saturated carbocycles. The fraction of sp³-hybridized carbons (Fsp3) is 0.722. The lowest BCUT2D eigenvalue weighted by molar-refractivity contribution is -0.132. The van der Waals surface area contributed by atoms with Crippen molar-refractivity contribution < 1.29 is 9.90 Å². The Bertz CT molecular complexity index is 428. The quantitative estimate of drug-likeness (QED) is 0.792. The highest BCUT2D eigenvalue weighted by Gasteiger charge is 2.16. The van der Waals surface area contributed by atoms with Crippen LogP contribution < -0.4 is 0 Å². The van der Waals surface area contributed by atoms with Gasteiger partial charge in [-0.25, -0.2) is 0 Å². The maximum Gasteiger partial charge on any atom is 0.224 e. The number of hydrogen-bond acceptors (Lipinski definition) is 4. The van der Waals surface area contributed by atoms with Gasteiger partial charge in [-0.2, -0.15) is 0 Å². The van der Waals surface area contributed by atoms with Crippen LogP contribution in [-0.4, -0.2) is 53.6 Å². The van der Waals surface area contributed by atoms with Gasteiger partial charge in [-0.15, -0.1) is 11.3 Å². The minimum absolute atomic E-state index is 0.139. The van der Waals surface area contributed by atoms with E-state index >= 15 is 0 Å². The normalized spacial score (nSPS) is 16.7. The molecule has 0 unspecified atom stereocenters. The summed E-state index contributed by atoms with van der Waals surface area (Å²) in [6.07, 6.45) is 7.78. The van der Waals surface area contributed by atoms with Crippen LogP contribution in [0, 0.1) is 0 Å². The predicted molar refractivity (Wildman–Crippen MR) is 95.6 cm³/mol. The first-order chi connectivity index (χ1) is 11.3. The van der Waals surface area contributed by atoms with E-state index in [-0.39, 0.29) is 12.5 Å². The predicted octanol–water partition coefficient (Wildman–Crippen LogP) is 3.12. The zero-order valence-corrected chi connectivity index (χ0v) is 14.9. The van der Waals surface area contributed by atoms with Gasteiger partial charge in [0.25, 0.3) is 0 Å². The van der Waals surface area contributed by atoms with E-state index in [1.54, 1.807) is 11.3 Å². The first kappa shape index (κ1) is 18.4. The number of amides is 1. The first-order valence-electron chi connectivity index (χ1n) is 8.93. The van der Waals surface area contributed by atoms with E-state index in [0.717, 1.165) is 19.6 Å². The van der Waals surface area contributed by atoms with Crippen LogP contribution in [0.25, 0.3) is 0 Å². The molecule has 0 aliphatic carbocycles. The highest BCUT2D eigenvalue weighted by Crippen LogP contribution is 2.14. The Morgan fingerprint density at radius 2 is 1.96 bits per heavy atom. The Morgan fingerprint density at radius 3 is 2.61 bits per heavy atom. The van der Waals surface area contributed by atoms with Gasteiger partial charge in [-0.3, -0.25) is 4.79 Å². The van der Waals surface area contributed by atoms with Crippen molar-refractivity contribution in [1.29, 1.82) is 0 Å². The number of aliphatic hydroxyl groups excluding tert-OH is 1. The van der Waals surface area contributed by atoms with E-state index < -0.39 is 0 Å². The van der Waals surface area contributed by atoms with Crippen LogP contribution in [0.5, 0.6) is 0 Å². The number of aliphatic hydroxyl groups is 1. The summed E-state index contributed by atoms with van der Waals surface area (Å²) in [6.45, 7) is 4.60. The smallest absolute Gasteiger partial charge is 0.224 e. The molecule has 1 saturated heterocycles. The fourth-order valence-corrected chi connectivity index (χ4v) is 3.81. The van der Waals surface area contributed by atoms with Gasteiger partial charge in [-0.1, -0.05) is 25.3 Å². The molecular formula is C18H30N2O2S. The second kappa shape index (κ2) is 10.8. The highest BCUT2D eigenvalue weighted by atomic mass is 32.1. The van der Waals surface area contributed by atoms with E-state index in [2.05, 4.69) is 11.0 Å². The van der Waals surface area contributed by atoms with E-state index in [1.807, 2.05) is 16.3 Å². The molecule has 1 aromatic rings. The van der Waals surface area contributed by atoms with Crippen LogP contribution in [0.4, 0.5) is 0 Å². The largest absolute Gasteiger partial charge is 0.396 e. The first-order valence-corrected chi connectivity index (χ1v) is 9.81. The Kier molecular flexibility index (Phi) is 8.64. The number of rotatable bonds is 8. The molecule has 1 N–H and O–H groups in total. The molecule has 0 aromatic carbocycles. The van der Waals surface area contributed by atoms with Crippen molar-refractivity contribution in [3.05, 3.63) is 22.4 Å². The van der Waals surface area contributed by atoms with Gasteiger partial charge in [0.15, 0.2) is 0 Å². The van der Waals surface area contributed by atoms with Gasteiger partial charge in [0.05, 0.1) is 6.54 Å². The zero-order chi connectivity index (χ0) is 16.3. The van der Waals surface area contributed by atoms with E-state index in [4.69, 9.17) is 5.11 Å². The van der Waals surface area contributed by atoms with E-state index in [0.29, 0.717) is 25.9 Å². The van der Waals surface area contributed by atoms with Gasteiger partial charge < -0.3 is 14.9 Å². The molecule has 130 valence electrons. The monoisotopic (exact) mass is 338 g/mol. The van der Waals surface area contributed by atoms with Crippen molar-refractivity contribution in [2.24, 2.45) is 0 Å². The van der Waals surface area contributed by atoms with Gasteiger partial charge >= 0.3 is 0 Å². The molecule has 0 spiro atoms. The van der Waals surface area contributed by atoms with Gasteiger partial charge in [0, 0.05) is 31.0 Å². The fourth-order valence-electron chi connectivity index (χ4n) is 3.09. The second-order valence-electron chi connectivity index (χ2n) is 6.33. The maximum absolute atomic E-state index is 12.6. The van der Waals surface area contributed by atoms with Crippen LogP contribution in [0.15, 0.2) is 17.5 Å². The number of hydrogen-bond donors (Lipinski definition) is 1. The third kappa shape index (κ3) is 7.02. The van der Waals surface area contributed by atoms with Gasteiger partial charge in [0.1, 0.15) is 0 Å². The van der Waals surface area contributed by atoms with E-state index in [1.165, 1.54) is 37.0 Å². The molecule has 1 aliphatic heterocycles. The summed E-state index contributed by atoms with van der Waals surface area (Å²) in [5, 5.41) is 11.1. The maximum atomic E-state index is 12.6. The van der Waals surface area contributed by atoms with Crippen molar-refractivity contribution in [2.75, 3.05) is 32.8 Å². The molecule has 1 aromatic heterocycles. The van der Waals surface area contributed by atoms with Gasteiger partial charge in [-0.05, 0) is 43.8 Å². The molecule has 0 bridgehead atoms. The number of nitrogens with zero attached hydrogens (tertiary/aromatic N) is 2. The van der Waals surface area contributed by atoms with Crippen molar-refractivity contribution >= 4 is 17.2 Å². The Labute approximate surface area is 144 Å². The van der Waals surface area contributed by atoms with Crippen molar-refractivity contribution in [3.63, 3.8) is 0 Å². The summed E-state index contributed by atoms with van der Waals surface area (Å²) in [7, 11) is 0. The molecule has 2 heterocycles. The molecule has 1 aliphatic rings. The minimum Gasteiger partial charge on any atom is -0.396 e. The SMILES string of the molecule is O=C(CCN1CCCCCCC1)N(CCCO)Cc1cccs1. The van der Waals surface area contributed by atoms with Gasteiger partial charge in [0.2, 0.25) is 5.91 Å². The van der Waals surface area contributed by atoms with Crippen molar-refractivity contribution in [3.8, 4) is 0 Å². The average Bonchev–Trinajstić information content (AvgIpc) is 3.03. The second-order valence-corrected chi connectivity index (χ2v) is 7.36. The molecule has 5 heteroatoms. The highest BCUT2D eigenvalue weighted by molar-refractivity contribution is 7.09. The summed E-state index contributed by atoms with van der Waals surface area (Å²) >= 11 is 1.69. The summed E-state index contributed by atoms with van der Waals surface area (Å²) in [4.78, 5) is 18.2. The summed E-state index contributed by atoms with van der Waals surface area (Å²) in [5.74, 6) is 0.217. The van der Waals surface area contributed by atoms with Crippen molar-refractivity contribution in [1.82, 2.24) is 9.80 Å². The Balaban J connectivity index is 1.80. The summed E-state index contributed by atoms with van der Waals surface area (Å²) in [6, 6.07) is 4.09. The lowest BCUT2D eigenvalue weighted by atomic mass is 10.1. The summed E-state index contributed by atoms with van der Waals surface area (Å²) in [5.41, 5.74) is 0.